The van der Waals surface area contributed by atoms with Crippen molar-refractivity contribution >= 4 is 27.3 Å². The minimum atomic E-state index is -3.77. The Morgan fingerprint density at radius 1 is 1.41 bits per heavy atom. The molecule has 0 spiro atoms. The zero-order chi connectivity index (χ0) is 12.5. The number of nitrogens with one attached hydrogen (secondary N) is 2. The molecule has 1 aromatic carbocycles. The van der Waals surface area contributed by atoms with Gasteiger partial charge in [-0.15, -0.1) is 0 Å². The number of halogens is 1. The maximum Gasteiger partial charge on any atom is 0.265 e. The van der Waals surface area contributed by atoms with Crippen LogP contribution in [0.3, 0.4) is 0 Å². The molecule has 0 aliphatic rings. The number of benzene rings is 1. The van der Waals surface area contributed by atoms with Crippen molar-refractivity contribution in [2.75, 3.05) is 4.72 Å². The Hall–Kier alpha value is -1.73. The van der Waals surface area contributed by atoms with Crippen molar-refractivity contribution in [3.05, 3.63) is 35.6 Å². The SMILES string of the molecule is O=S(=O)(Nc1cccc(Cl)c1O)c1cn[nH]c1. The topological polar surface area (TPSA) is 95.1 Å². The van der Waals surface area contributed by atoms with Crippen molar-refractivity contribution in [3.63, 3.8) is 0 Å². The molecular weight excluding hydrogens is 266 g/mol. The monoisotopic (exact) mass is 273 g/mol. The molecule has 0 saturated heterocycles. The first kappa shape index (κ1) is 11.7. The van der Waals surface area contributed by atoms with Gasteiger partial charge in [-0.1, -0.05) is 17.7 Å². The molecule has 0 saturated carbocycles. The molecule has 1 heterocycles. The van der Waals surface area contributed by atoms with Crippen LogP contribution in [-0.4, -0.2) is 23.7 Å². The standard InChI is InChI=1S/C9H8ClN3O3S/c10-7-2-1-3-8(9(7)14)13-17(15,16)6-4-11-12-5-6/h1-5,13-14H,(H,11,12). The van der Waals surface area contributed by atoms with Gasteiger partial charge in [0.2, 0.25) is 0 Å². The molecule has 8 heteroatoms. The van der Waals surface area contributed by atoms with Crippen LogP contribution >= 0.6 is 11.6 Å². The van der Waals surface area contributed by atoms with E-state index in [-0.39, 0.29) is 21.4 Å². The molecule has 0 aliphatic heterocycles. The summed E-state index contributed by atoms with van der Waals surface area (Å²) in [6, 6.07) is 4.38. The summed E-state index contributed by atoms with van der Waals surface area (Å²) in [7, 11) is -3.77. The first-order valence-corrected chi connectivity index (χ1v) is 6.36. The van der Waals surface area contributed by atoms with Crippen molar-refractivity contribution in [2.24, 2.45) is 0 Å². The third-order valence-electron chi connectivity index (χ3n) is 2.01. The molecule has 2 rings (SSSR count). The number of para-hydroxylation sites is 1. The second-order valence-corrected chi connectivity index (χ2v) is 5.27. The number of phenolic OH excluding ortho intramolecular Hbond substituents is 1. The highest BCUT2D eigenvalue weighted by molar-refractivity contribution is 7.92. The van der Waals surface area contributed by atoms with Gasteiger partial charge in [0.1, 0.15) is 4.90 Å². The van der Waals surface area contributed by atoms with Crippen LogP contribution in [0.15, 0.2) is 35.5 Å². The van der Waals surface area contributed by atoms with E-state index in [4.69, 9.17) is 11.6 Å². The molecule has 0 aliphatic carbocycles. The molecule has 1 aromatic heterocycles. The predicted molar refractivity (Wildman–Crippen MR) is 62.5 cm³/mol. The van der Waals surface area contributed by atoms with Crippen molar-refractivity contribution in [1.82, 2.24) is 10.2 Å². The molecule has 6 nitrogen and oxygen atoms in total. The van der Waals surface area contributed by atoms with Gasteiger partial charge in [-0.25, -0.2) is 8.42 Å². The number of anilines is 1. The average molecular weight is 274 g/mol. The van der Waals surface area contributed by atoms with Crippen LogP contribution in [0, 0.1) is 0 Å². The van der Waals surface area contributed by atoms with Gasteiger partial charge in [-0.3, -0.25) is 9.82 Å². The summed E-state index contributed by atoms with van der Waals surface area (Å²) in [5, 5.41) is 15.6. The van der Waals surface area contributed by atoms with Crippen molar-refractivity contribution < 1.29 is 13.5 Å². The normalized spacial score (nSPS) is 11.4. The Morgan fingerprint density at radius 2 is 2.18 bits per heavy atom. The van der Waals surface area contributed by atoms with Crippen molar-refractivity contribution in [1.29, 1.82) is 0 Å². The highest BCUT2D eigenvalue weighted by Crippen LogP contribution is 2.32. The lowest BCUT2D eigenvalue weighted by molar-refractivity contribution is 0.478. The highest BCUT2D eigenvalue weighted by Gasteiger charge is 2.17. The summed E-state index contributed by atoms with van der Waals surface area (Å²) < 4.78 is 25.8. The predicted octanol–water partition coefficient (Wildman–Crippen LogP) is 1.57. The lowest BCUT2D eigenvalue weighted by Gasteiger charge is -2.08. The molecule has 0 unspecified atom stereocenters. The quantitative estimate of drug-likeness (QED) is 0.740. The van der Waals surface area contributed by atoms with Crippen molar-refractivity contribution in [2.45, 2.75) is 4.90 Å². The summed E-state index contributed by atoms with van der Waals surface area (Å²) >= 11 is 5.66. The van der Waals surface area contributed by atoms with Gasteiger partial charge in [0.05, 0.1) is 16.9 Å². The van der Waals surface area contributed by atoms with E-state index in [1.807, 2.05) is 0 Å². The first-order chi connectivity index (χ1) is 8.00. The summed E-state index contributed by atoms with van der Waals surface area (Å²) in [6.07, 6.45) is 2.38. The highest BCUT2D eigenvalue weighted by atomic mass is 35.5. The van der Waals surface area contributed by atoms with Gasteiger partial charge in [-0.05, 0) is 12.1 Å². The van der Waals surface area contributed by atoms with Gasteiger partial charge in [0.25, 0.3) is 10.0 Å². The fourth-order valence-electron chi connectivity index (χ4n) is 1.19. The van der Waals surface area contributed by atoms with E-state index in [0.29, 0.717) is 0 Å². The Balaban J connectivity index is 2.37. The molecule has 0 atom stereocenters. The molecule has 17 heavy (non-hydrogen) atoms. The van der Waals surface area contributed by atoms with Crippen LogP contribution in [-0.2, 0) is 10.0 Å². The number of nitrogens with zero attached hydrogens (tertiary/aromatic N) is 1. The largest absolute Gasteiger partial charge is 0.504 e. The molecular formula is C9H8ClN3O3S. The van der Waals surface area contributed by atoms with Crippen LogP contribution < -0.4 is 4.72 Å². The van der Waals surface area contributed by atoms with E-state index in [1.165, 1.54) is 24.4 Å². The fourth-order valence-corrected chi connectivity index (χ4v) is 2.33. The van der Waals surface area contributed by atoms with Crippen LogP contribution in [0.4, 0.5) is 5.69 Å². The van der Waals surface area contributed by atoms with Gasteiger partial charge >= 0.3 is 0 Å². The smallest absolute Gasteiger partial charge is 0.265 e. The summed E-state index contributed by atoms with van der Waals surface area (Å²) in [5.41, 5.74) is 0.0127. The van der Waals surface area contributed by atoms with Crippen molar-refractivity contribution in [3.8, 4) is 5.75 Å². The third-order valence-corrected chi connectivity index (χ3v) is 3.65. The number of H-pyrrole nitrogens is 1. The fraction of sp³-hybridized carbons (Fsp3) is 0. The van der Waals surface area contributed by atoms with Crippen LogP contribution in [0.25, 0.3) is 0 Å². The average Bonchev–Trinajstić information content (AvgIpc) is 2.78. The van der Waals surface area contributed by atoms with Crippen LogP contribution in [0.2, 0.25) is 5.02 Å². The minimum absolute atomic E-state index is 0.0127. The Labute approximate surface area is 102 Å². The van der Waals surface area contributed by atoms with Gasteiger partial charge in [-0.2, -0.15) is 5.10 Å². The second-order valence-electron chi connectivity index (χ2n) is 3.18. The van der Waals surface area contributed by atoms with Gasteiger partial charge < -0.3 is 5.11 Å². The molecule has 0 fully saturated rings. The first-order valence-electron chi connectivity index (χ1n) is 4.50. The van der Waals surface area contributed by atoms with Gasteiger partial charge in [0.15, 0.2) is 5.75 Å². The lowest BCUT2D eigenvalue weighted by atomic mass is 10.3. The van der Waals surface area contributed by atoms with E-state index >= 15 is 0 Å². The number of sulfonamides is 1. The van der Waals surface area contributed by atoms with Crippen LogP contribution in [0.1, 0.15) is 0 Å². The number of rotatable bonds is 3. The van der Waals surface area contributed by atoms with E-state index < -0.39 is 10.0 Å². The summed E-state index contributed by atoms with van der Waals surface area (Å²) in [6.45, 7) is 0. The molecule has 0 radical (unpaired) electrons. The number of aromatic nitrogens is 2. The second kappa shape index (κ2) is 4.27. The Morgan fingerprint density at radius 3 is 2.82 bits per heavy atom. The lowest BCUT2D eigenvalue weighted by Crippen LogP contribution is -2.12. The Kier molecular flexibility index (Phi) is 2.95. The van der Waals surface area contributed by atoms with E-state index in [1.54, 1.807) is 0 Å². The van der Waals surface area contributed by atoms with Crippen LogP contribution in [0.5, 0.6) is 5.75 Å². The molecule has 3 N–H and O–H groups in total. The zero-order valence-corrected chi connectivity index (χ0v) is 9.96. The Bertz CT molecular complexity index is 625. The molecule has 0 bridgehead atoms. The maximum atomic E-state index is 11.8. The zero-order valence-electron chi connectivity index (χ0n) is 8.38. The van der Waals surface area contributed by atoms with E-state index in [9.17, 15) is 13.5 Å². The molecule has 90 valence electrons. The van der Waals surface area contributed by atoms with E-state index in [2.05, 4.69) is 14.9 Å². The number of hydrogen-bond acceptors (Lipinski definition) is 4. The maximum absolute atomic E-state index is 11.8. The number of hydrogen-bond donors (Lipinski definition) is 3. The third kappa shape index (κ3) is 2.34. The summed E-state index contributed by atoms with van der Waals surface area (Å²) in [5.74, 6) is -0.318. The number of aromatic hydroxyl groups is 1. The number of aromatic amines is 1. The van der Waals surface area contributed by atoms with Gasteiger partial charge in [0, 0.05) is 6.20 Å². The molecule has 2 aromatic rings. The minimum Gasteiger partial charge on any atom is -0.504 e. The number of phenols is 1. The molecule has 0 amide bonds. The van der Waals surface area contributed by atoms with E-state index in [0.717, 1.165) is 6.20 Å². The summed E-state index contributed by atoms with van der Waals surface area (Å²) in [4.78, 5) is -0.0307.